The average molecular weight is 138 g/mol. The van der Waals surface area contributed by atoms with Crippen molar-refractivity contribution in [1.29, 1.82) is 0 Å². The molecule has 1 aliphatic carbocycles. The van der Waals surface area contributed by atoms with Crippen LogP contribution >= 0.6 is 0 Å². The molecule has 0 bridgehead atoms. The van der Waals surface area contributed by atoms with E-state index in [-0.39, 0.29) is 6.10 Å². The van der Waals surface area contributed by atoms with Crippen molar-refractivity contribution < 1.29 is 9.53 Å². The van der Waals surface area contributed by atoms with Gasteiger partial charge in [0.1, 0.15) is 11.9 Å². The van der Waals surface area contributed by atoms with Crippen LogP contribution in [0.1, 0.15) is 19.3 Å². The topological polar surface area (TPSA) is 26.3 Å². The van der Waals surface area contributed by atoms with E-state index in [1.165, 1.54) is 0 Å². The van der Waals surface area contributed by atoms with E-state index in [0.717, 1.165) is 12.8 Å². The fourth-order valence-electron chi connectivity index (χ4n) is 1.61. The van der Waals surface area contributed by atoms with Gasteiger partial charge in [0.2, 0.25) is 0 Å². The molecule has 1 aliphatic heterocycles. The first-order valence-electron chi connectivity index (χ1n) is 3.70. The van der Waals surface area contributed by atoms with Gasteiger partial charge in [-0.2, -0.15) is 0 Å². The number of fused-ring (bicyclic) bond motifs is 1. The second-order valence-corrected chi connectivity index (χ2v) is 2.95. The summed E-state index contributed by atoms with van der Waals surface area (Å²) in [6.07, 6.45) is 6.33. The zero-order chi connectivity index (χ0) is 6.97. The molecule has 1 fully saturated rings. The largest absolute Gasteiger partial charge is 0.497 e. The first kappa shape index (κ1) is 5.96. The molecule has 2 atom stereocenters. The Kier molecular flexibility index (Phi) is 1.26. The molecule has 1 heterocycles. The summed E-state index contributed by atoms with van der Waals surface area (Å²) in [5, 5.41) is 0. The Bertz CT molecular complexity index is 184. The maximum atomic E-state index is 10.9. The number of carbonyl (C=O) groups excluding carboxylic acids is 1. The number of hydrogen-bond donors (Lipinski definition) is 0. The fraction of sp³-hybridized carbons (Fsp3) is 0.625. The molecule has 2 rings (SSSR count). The van der Waals surface area contributed by atoms with Crippen LogP contribution in [0.5, 0.6) is 0 Å². The van der Waals surface area contributed by atoms with Crippen molar-refractivity contribution >= 4 is 5.78 Å². The molecule has 0 N–H and O–H groups in total. The Morgan fingerprint density at radius 3 is 3.40 bits per heavy atom. The third kappa shape index (κ3) is 0.838. The Morgan fingerprint density at radius 1 is 1.60 bits per heavy atom. The number of Topliss-reactive ketones (excluding diaryl/α,β-unsaturated/α-hetero) is 1. The summed E-state index contributed by atoms with van der Waals surface area (Å²) in [7, 11) is 0. The number of ether oxygens (including phenoxy) is 1. The molecular weight excluding hydrogens is 128 g/mol. The molecule has 0 aromatic rings. The van der Waals surface area contributed by atoms with Crippen molar-refractivity contribution in [1.82, 2.24) is 0 Å². The summed E-state index contributed by atoms with van der Waals surface area (Å²) >= 11 is 0. The van der Waals surface area contributed by atoms with Gasteiger partial charge in [0.15, 0.2) is 0 Å². The third-order valence-corrected chi connectivity index (χ3v) is 2.24. The lowest BCUT2D eigenvalue weighted by molar-refractivity contribution is -0.123. The van der Waals surface area contributed by atoms with Gasteiger partial charge in [-0.3, -0.25) is 4.79 Å². The van der Waals surface area contributed by atoms with Gasteiger partial charge in [-0.15, -0.1) is 0 Å². The highest BCUT2D eigenvalue weighted by atomic mass is 16.5. The van der Waals surface area contributed by atoms with Crippen LogP contribution in [0.2, 0.25) is 0 Å². The summed E-state index contributed by atoms with van der Waals surface area (Å²) in [5.74, 6) is 0.877. The minimum atomic E-state index is 0.182. The van der Waals surface area contributed by atoms with Crippen LogP contribution in [0.25, 0.3) is 0 Å². The average Bonchev–Trinajstić information content (AvgIpc) is 2.33. The van der Waals surface area contributed by atoms with Gasteiger partial charge in [0.25, 0.3) is 0 Å². The van der Waals surface area contributed by atoms with E-state index in [1.54, 1.807) is 6.26 Å². The summed E-state index contributed by atoms with van der Waals surface area (Å²) in [6.45, 7) is 0. The maximum absolute atomic E-state index is 10.9. The summed E-state index contributed by atoms with van der Waals surface area (Å²) in [6, 6.07) is 0. The molecular formula is C8H10O2. The number of rotatable bonds is 0. The summed E-state index contributed by atoms with van der Waals surface area (Å²) in [4.78, 5) is 10.9. The number of hydrogen-bond acceptors (Lipinski definition) is 2. The van der Waals surface area contributed by atoms with Crippen molar-refractivity contribution in [2.45, 2.75) is 25.4 Å². The molecule has 0 radical (unpaired) electrons. The van der Waals surface area contributed by atoms with Crippen molar-refractivity contribution in [3.63, 3.8) is 0 Å². The minimum Gasteiger partial charge on any atom is -0.497 e. The van der Waals surface area contributed by atoms with Gasteiger partial charge >= 0.3 is 0 Å². The van der Waals surface area contributed by atoms with Crippen LogP contribution < -0.4 is 0 Å². The van der Waals surface area contributed by atoms with Crippen LogP contribution in [0, 0.1) is 5.92 Å². The van der Waals surface area contributed by atoms with Gasteiger partial charge in [-0.05, 0) is 12.5 Å². The second kappa shape index (κ2) is 2.11. The minimum absolute atomic E-state index is 0.182. The van der Waals surface area contributed by atoms with Crippen LogP contribution in [0.3, 0.4) is 0 Å². The highest BCUT2D eigenvalue weighted by molar-refractivity contribution is 5.79. The smallest absolute Gasteiger partial charge is 0.136 e. The normalized spacial score (nSPS) is 37.4. The highest BCUT2D eigenvalue weighted by Gasteiger charge is 2.31. The molecule has 10 heavy (non-hydrogen) atoms. The zero-order valence-electron chi connectivity index (χ0n) is 5.75. The number of carbonyl (C=O) groups is 1. The zero-order valence-corrected chi connectivity index (χ0v) is 5.75. The Labute approximate surface area is 59.9 Å². The van der Waals surface area contributed by atoms with E-state index in [4.69, 9.17) is 4.74 Å². The van der Waals surface area contributed by atoms with Crippen molar-refractivity contribution in [2.24, 2.45) is 5.92 Å². The van der Waals surface area contributed by atoms with Gasteiger partial charge in [-0.1, -0.05) is 0 Å². The predicted molar refractivity (Wildman–Crippen MR) is 36.4 cm³/mol. The van der Waals surface area contributed by atoms with Gasteiger partial charge < -0.3 is 4.74 Å². The van der Waals surface area contributed by atoms with E-state index in [2.05, 4.69) is 6.08 Å². The first-order chi connectivity index (χ1) is 4.86. The summed E-state index contributed by atoms with van der Waals surface area (Å²) < 4.78 is 5.23. The number of ketones is 1. The molecule has 54 valence electrons. The van der Waals surface area contributed by atoms with E-state index >= 15 is 0 Å². The Morgan fingerprint density at radius 2 is 2.50 bits per heavy atom. The first-order valence-corrected chi connectivity index (χ1v) is 3.70. The van der Waals surface area contributed by atoms with Gasteiger partial charge in [0.05, 0.1) is 6.26 Å². The molecule has 0 unspecified atom stereocenters. The molecule has 0 spiro atoms. The monoisotopic (exact) mass is 138 g/mol. The fourth-order valence-corrected chi connectivity index (χ4v) is 1.61. The van der Waals surface area contributed by atoms with Crippen LogP contribution in [-0.4, -0.2) is 11.9 Å². The van der Waals surface area contributed by atoms with Crippen molar-refractivity contribution in [2.75, 3.05) is 0 Å². The van der Waals surface area contributed by atoms with E-state index in [1.807, 2.05) is 0 Å². The predicted octanol–water partition coefficient (Wildman–Crippen LogP) is 1.27. The standard InChI is InChI=1S/C8H10O2/c9-7-2-1-6-3-4-10-8(6)5-7/h3-4,6,8H,1-2,5H2/t6-,8-/m0/s1. The molecule has 2 heteroatoms. The summed E-state index contributed by atoms with van der Waals surface area (Å²) in [5.41, 5.74) is 0. The van der Waals surface area contributed by atoms with E-state index in [0.29, 0.717) is 18.1 Å². The van der Waals surface area contributed by atoms with Crippen LogP contribution in [0.4, 0.5) is 0 Å². The molecule has 1 saturated carbocycles. The van der Waals surface area contributed by atoms with Gasteiger partial charge in [0, 0.05) is 18.8 Å². The van der Waals surface area contributed by atoms with Crippen molar-refractivity contribution in [3.05, 3.63) is 12.3 Å². The van der Waals surface area contributed by atoms with Crippen LogP contribution in [0.15, 0.2) is 12.3 Å². The third-order valence-electron chi connectivity index (χ3n) is 2.24. The molecule has 0 saturated heterocycles. The maximum Gasteiger partial charge on any atom is 0.136 e. The molecule has 2 nitrogen and oxygen atoms in total. The lowest BCUT2D eigenvalue weighted by Gasteiger charge is -2.22. The van der Waals surface area contributed by atoms with E-state index in [9.17, 15) is 4.79 Å². The Balaban J connectivity index is 2.07. The molecule has 0 aromatic carbocycles. The molecule has 0 aromatic heterocycles. The highest BCUT2D eigenvalue weighted by Crippen LogP contribution is 2.29. The van der Waals surface area contributed by atoms with Crippen LogP contribution in [-0.2, 0) is 9.53 Å². The SMILES string of the molecule is O=C1CC[C@H]2C=CO[C@H]2C1. The molecule has 2 aliphatic rings. The van der Waals surface area contributed by atoms with Crippen molar-refractivity contribution in [3.8, 4) is 0 Å². The lowest BCUT2D eigenvalue weighted by atomic mass is 9.87. The van der Waals surface area contributed by atoms with Gasteiger partial charge in [-0.25, -0.2) is 0 Å². The second-order valence-electron chi connectivity index (χ2n) is 2.95. The lowest BCUT2D eigenvalue weighted by Crippen LogP contribution is -2.26. The van der Waals surface area contributed by atoms with E-state index < -0.39 is 0 Å². The quantitative estimate of drug-likeness (QED) is 0.504. The Hall–Kier alpha value is -0.790. The molecule has 0 amide bonds.